The van der Waals surface area contributed by atoms with E-state index in [0.717, 1.165) is 20.6 Å². The molecule has 0 spiro atoms. The summed E-state index contributed by atoms with van der Waals surface area (Å²) in [5.41, 5.74) is 0. The Bertz CT molecular complexity index is 53.6. The fourth-order valence-corrected chi connectivity index (χ4v) is 1.13. The molecule has 0 bridgehead atoms. The van der Waals surface area contributed by atoms with Gasteiger partial charge in [0.05, 0.1) is 0 Å². The molecule has 0 aliphatic rings. The second-order valence-corrected chi connectivity index (χ2v) is 2.97. The molecular weight excluding hydrogens is 224 g/mol. The molecule has 0 heterocycles. The number of hydrogen-bond donors (Lipinski definition) is 2. The number of aliphatic hydroxyl groups is 2. The van der Waals surface area contributed by atoms with Crippen LogP contribution in [-0.2, 0) is 21.7 Å². The van der Waals surface area contributed by atoms with E-state index in [1.54, 1.807) is 0 Å². The normalized spacial score (nSPS) is 7.60. The quantitative estimate of drug-likeness (QED) is 0.415. The Labute approximate surface area is 111 Å². The predicted octanol–water partition coefficient (Wildman–Crippen LogP) is 3.18. The molecule has 0 aliphatic heterocycles. The van der Waals surface area contributed by atoms with Crippen LogP contribution in [0.4, 0.5) is 0 Å². The summed E-state index contributed by atoms with van der Waals surface area (Å²) in [6, 6.07) is 0. The summed E-state index contributed by atoms with van der Waals surface area (Å²) >= 11 is 0. The maximum absolute atomic E-state index is 7.00. The van der Waals surface area contributed by atoms with Gasteiger partial charge in [-0.1, -0.05) is 51.9 Å². The smallest absolute Gasteiger partial charge is 0.0319 e. The van der Waals surface area contributed by atoms with Gasteiger partial charge in [-0.05, 0) is 0 Å². The first-order valence-electron chi connectivity index (χ1n) is 5.60. The van der Waals surface area contributed by atoms with Crippen LogP contribution in [-0.4, -0.2) is 24.4 Å². The van der Waals surface area contributed by atoms with Gasteiger partial charge in [0.15, 0.2) is 0 Å². The van der Waals surface area contributed by atoms with Gasteiger partial charge in [0, 0.05) is 35.9 Å². The number of hydrogen-bond acceptors (Lipinski definition) is 2. The van der Waals surface area contributed by atoms with Crippen LogP contribution in [0, 0.1) is 6.92 Å². The zero-order valence-electron chi connectivity index (χ0n) is 10.8. The van der Waals surface area contributed by atoms with E-state index < -0.39 is 0 Å². The van der Waals surface area contributed by atoms with Crippen molar-refractivity contribution in [2.45, 2.75) is 58.3 Å². The summed E-state index contributed by atoms with van der Waals surface area (Å²) in [7, 11) is 2.00. The minimum absolute atomic E-state index is 0. The Morgan fingerprint density at radius 3 is 1.40 bits per heavy atom. The van der Waals surface area contributed by atoms with E-state index in [4.69, 9.17) is 10.2 Å². The average molecular weight is 253 g/mol. The van der Waals surface area contributed by atoms with E-state index >= 15 is 0 Å². The summed E-state index contributed by atoms with van der Waals surface area (Å²) in [6.45, 7) is 6.08. The fourth-order valence-electron chi connectivity index (χ4n) is 1.13. The van der Waals surface area contributed by atoms with Crippen LogP contribution in [0.15, 0.2) is 0 Å². The summed E-state index contributed by atoms with van der Waals surface area (Å²) in [4.78, 5) is 0. The molecule has 94 valence electrons. The van der Waals surface area contributed by atoms with Gasteiger partial charge >= 0.3 is 0 Å². The first kappa shape index (κ1) is 24.7. The molecule has 15 heavy (non-hydrogen) atoms. The van der Waals surface area contributed by atoms with Crippen molar-refractivity contribution >= 4 is 0 Å². The third-order valence-corrected chi connectivity index (χ3v) is 1.85. The monoisotopic (exact) mass is 253 g/mol. The Hall–Kier alpha value is 0.634. The molecule has 0 atom stereocenters. The van der Waals surface area contributed by atoms with E-state index in [0.29, 0.717) is 0 Å². The van der Waals surface area contributed by atoms with E-state index in [9.17, 15) is 0 Å². The Kier molecular flexibility index (Phi) is 60.2. The van der Waals surface area contributed by atoms with Gasteiger partial charge in [0.2, 0.25) is 0 Å². The van der Waals surface area contributed by atoms with Crippen LogP contribution >= 0.6 is 0 Å². The molecule has 0 amide bonds. The van der Waals surface area contributed by atoms with Gasteiger partial charge in [-0.2, -0.15) is 6.42 Å². The minimum Gasteiger partial charge on any atom is -0.400 e. The third kappa shape index (κ3) is 40.1. The number of aliphatic hydroxyl groups excluding tert-OH is 2. The Morgan fingerprint density at radius 2 is 1.07 bits per heavy atom. The van der Waals surface area contributed by atoms with Crippen LogP contribution in [0.25, 0.3) is 0 Å². The van der Waals surface area contributed by atoms with Crippen molar-refractivity contribution in [3.05, 3.63) is 6.92 Å². The SMILES string of the molecule is CO.CO.[CH2-]CCCCCCCCC.[Ti]. The molecule has 0 saturated heterocycles. The minimum atomic E-state index is 0. The molecule has 3 heteroatoms. The van der Waals surface area contributed by atoms with Gasteiger partial charge in [-0.3, -0.25) is 0 Å². The predicted molar refractivity (Wildman–Crippen MR) is 64.3 cm³/mol. The van der Waals surface area contributed by atoms with Gasteiger partial charge in [-0.15, -0.1) is 0 Å². The molecule has 0 saturated carbocycles. The molecule has 0 aliphatic carbocycles. The zero-order chi connectivity index (χ0) is 11.7. The molecule has 0 unspecified atom stereocenters. The summed E-state index contributed by atoms with van der Waals surface area (Å²) < 4.78 is 0. The van der Waals surface area contributed by atoms with Crippen LogP contribution < -0.4 is 0 Å². The molecule has 0 aromatic carbocycles. The number of rotatable bonds is 7. The molecule has 0 fully saturated rings. The van der Waals surface area contributed by atoms with Crippen molar-refractivity contribution in [2.75, 3.05) is 14.2 Å². The Balaban J connectivity index is -0.000000107. The summed E-state index contributed by atoms with van der Waals surface area (Å²) in [5, 5.41) is 14.0. The van der Waals surface area contributed by atoms with E-state index in [1.807, 2.05) is 0 Å². The maximum Gasteiger partial charge on any atom is 0.0319 e. The first-order valence-corrected chi connectivity index (χ1v) is 5.60. The van der Waals surface area contributed by atoms with Crippen LogP contribution in [0.2, 0.25) is 0 Å². The molecule has 0 aromatic heterocycles. The third-order valence-electron chi connectivity index (χ3n) is 1.85. The van der Waals surface area contributed by atoms with Crippen LogP contribution in [0.1, 0.15) is 58.3 Å². The van der Waals surface area contributed by atoms with Crippen molar-refractivity contribution in [3.8, 4) is 0 Å². The van der Waals surface area contributed by atoms with Crippen LogP contribution in [0.5, 0.6) is 0 Å². The van der Waals surface area contributed by atoms with Gasteiger partial charge in [-0.25, -0.2) is 0 Å². The number of unbranched alkanes of at least 4 members (excludes halogenated alkanes) is 7. The van der Waals surface area contributed by atoms with Crippen molar-refractivity contribution in [1.29, 1.82) is 0 Å². The molecule has 2 nitrogen and oxygen atoms in total. The molecule has 0 rings (SSSR count). The molecule has 0 aromatic rings. The topological polar surface area (TPSA) is 40.5 Å². The molecule has 2 N–H and O–H groups in total. The van der Waals surface area contributed by atoms with E-state index in [-0.39, 0.29) is 21.7 Å². The standard InChI is InChI=1S/C10H21.2CH4O.Ti/c1-3-5-7-9-10-8-6-4-2;2*1-2;/h1,3-10H2,2H3;2*2H,1H3;/q-1;;;. The summed E-state index contributed by atoms with van der Waals surface area (Å²) in [5.74, 6) is 0. The van der Waals surface area contributed by atoms with Crippen molar-refractivity contribution < 1.29 is 31.9 Å². The summed E-state index contributed by atoms with van der Waals surface area (Å²) in [6.07, 6.45) is 10.9. The fraction of sp³-hybridized carbons (Fsp3) is 0.917. The second-order valence-electron chi connectivity index (χ2n) is 2.97. The van der Waals surface area contributed by atoms with E-state index in [2.05, 4.69) is 13.8 Å². The Morgan fingerprint density at radius 1 is 0.733 bits per heavy atom. The molecule has 0 radical (unpaired) electrons. The second kappa shape index (κ2) is 36.5. The van der Waals surface area contributed by atoms with Gasteiger partial charge < -0.3 is 17.1 Å². The largest absolute Gasteiger partial charge is 0.400 e. The van der Waals surface area contributed by atoms with Crippen LogP contribution in [0.3, 0.4) is 0 Å². The van der Waals surface area contributed by atoms with E-state index in [1.165, 1.54) is 44.9 Å². The van der Waals surface area contributed by atoms with Gasteiger partial charge in [0.1, 0.15) is 0 Å². The van der Waals surface area contributed by atoms with Gasteiger partial charge in [0.25, 0.3) is 0 Å². The van der Waals surface area contributed by atoms with Crippen molar-refractivity contribution in [1.82, 2.24) is 0 Å². The van der Waals surface area contributed by atoms with Crippen molar-refractivity contribution in [3.63, 3.8) is 0 Å². The average Bonchev–Trinajstić information content (AvgIpc) is 2.29. The maximum atomic E-state index is 7.00. The first-order chi connectivity index (χ1) is 6.91. The zero-order valence-corrected chi connectivity index (χ0v) is 12.3. The molecular formula is C12H29O2Ti-. The van der Waals surface area contributed by atoms with Crippen molar-refractivity contribution in [2.24, 2.45) is 0 Å².